The van der Waals surface area contributed by atoms with Crippen LogP contribution in [0.15, 0.2) is 42.5 Å². The van der Waals surface area contributed by atoms with Crippen LogP contribution in [0.5, 0.6) is 0 Å². The third kappa shape index (κ3) is 6.50. The number of alkyl halides is 6. The lowest BCUT2D eigenvalue weighted by Gasteiger charge is -2.36. The normalized spacial score (nSPS) is 20.6. The molecule has 6 nitrogen and oxygen atoms in total. The van der Waals surface area contributed by atoms with Crippen LogP contribution < -0.4 is 0 Å². The first-order valence-electron chi connectivity index (χ1n) is 13.4. The fourth-order valence-corrected chi connectivity index (χ4v) is 5.60. The Balaban J connectivity index is 1.67. The molecule has 0 radical (unpaired) electrons. The lowest BCUT2D eigenvalue weighted by molar-refractivity contribution is -0.144. The Bertz CT molecular complexity index is 1270. The second kappa shape index (κ2) is 11.4. The largest absolute Gasteiger partial charge is 0.416 e. The number of halogens is 7. The van der Waals surface area contributed by atoms with Gasteiger partial charge in [0.25, 0.3) is 0 Å². The molecule has 42 heavy (non-hydrogen) atoms. The molecule has 2 aromatic carbocycles. The van der Waals surface area contributed by atoms with Crippen molar-refractivity contribution in [3.8, 4) is 0 Å². The molecule has 2 aliphatic rings. The summed E-state index contributed by atoms with van der Waals surface area (Å²) in [6.45, 7) is 5.23. The molecule has 0 aliphatic carbocycles. The second-order valence-electron chi connectivity index (χ2n) is 11.5. The minimum Gasteiger partial charge on any atom is -0.340 e. The van der Waals surface area contributed by atoms with Crippen molar-refractivity contribution in [2.24, 2.45) is 0 Å². The number of hydrogen-bond donors (Lipinski definition) is 0. The summed E-state index contributed by atoms with van der Waals surface area (Å²) in [4.78, 5) is 34.0. The Morgan fingerprint density at radius 2 is 1.29 bits per heavy atom. The summed E-state index contributed by atoms with van der Waals surface area (Å²) in [7, 11) is 3.37. The number of likely N-dealkylation sites (tertiary alicyclic amines) is 1. The minimum atomic E-state index is -5.07. The van der Waals surface area contributed by atoms with Crippen molar-refractivity contribution in [2.45, 2.75) is 43.6 Å². The van der Waals surface area contributed by atoms with E-state index in [4.69, 9.17) is 0 Å². The smallest absolute Gasteiger partial charge is 0.340 e. The molecule has 2 aromatic rings. The number of rotatable bonds is 4. The molecule has 0 aromatic heterocycles. The highest BCUT2D eigenvalue weighted by Gasteiger charge is 2.46. The van der Waals surface area contributed by atoms with Crippen LogP contribution in [0.1, 0.15) is 42.0 Å². The van der Waals surface area contributed by atoms with Crippen molar-refractivity contribution >= 4 is 11.9 Å². The minimum absolute atomic E-state index is 0.0250. The Hall–Kier alpha value is -3.35. The van der Waals surface area contributed by atoms with Gasteiger partial charge in [-0.05, 0) is 62.4 Å². The van der Waals surface area contributed by atoms with Crippen molar-refractivity contribution in [2.75, 3.05) is 53.4 Å². The van der Waals surface area contributed by atoms with Gasteiger partial charge in [-0.3, -0.25) is 4.79 Å². The van der Waals surface area contributed by atoms with E-state index in [0.29, 0.717) is 43.9 Å². The molecule has 2 saturated heterocycles. The van der Waals surface area contributed by atoms with E-state index in [1.807, 2.05) is 7.05 Å². The maximum Gasteiger partial charge on any atom is 0.416 e. The number of urea groups is 1. The van der Waals surface area contributed by atoms with Gasteiger partial charge < -0.3 is 19.6 Å². The van der Waals surface area contributed by atoms with E-state index >= 15 is 0 Å². The molecule has 13 heteroatoms. The number of hydrogen-bond acceptors (Lipinski definition) is 3. The van der Waals surface area contributed by atoms with E-state index < -0.39 is 58.1 Å². The number of carbonyl (C=O) groups excluding carboxylic acids is 2. The fraction of sp³-hybridized carbons (Fsp3) is 0.517. The number of carbonyl (C=O) groups is 2. The number of benzene rings is 2. The van der Waals surface area contributed by atoms with Crippen molar-refractivity contribution in [3.05, 3.63) is 70.5 Å². The molecule has 2 heterocycles. The topological polar surface area (TPSA) is 47.1 Å². The molecular formula is C29H33F7N4O2. The summed E-state index contributed by atoms with van der Waals surface area (Å²) in [5.41, 5.74) is -4.61. The Kier molecular flexibility index (Phi) is 8.56. The van der Waals surface area contributed by atoms with Gasteiger partial charge in [-0.25, -0.2) is 9.18 Å². The fourth-order valence-electron chi connectivity index (χ4n) is 5.60. The lowest BCUT2D eigenvalue weighted by Crippen LogP contribution is -2.52. The van der Waals surface area contributed by atoms with Gasteiger partial charge in [-0.15, -0.1) is 0 Å². The first-order chi connectivity index (χ1) is 19.4. The maximum atomic E-state index is 13.9. The predicted octanol–water partition coefficient (Wildman–Crippen LogP) is 5.43. The van der Waals surface area contributed by atoms with Crippen molar-refractivity contribution < 1.29 is 40.3 Å². The van der Waals surface area contributed by atoms with E-state index in [2.05, 4.69) is 4.90 Å². The summed E-state index contributed by atoms with van der Waals surface area (Å²) in [5.74, 6) is -1.67. The molecule has 2 atom stereocenters. The Morgan fingerprint density at radius 1 is 0.786 bits per heavy atom. The zero-order valence-corrected chi connectivity index (χ0v) is 23.7. The molecule has 3 amide bonds. The number of amides is 3. The third-order valence-corrected chi connectivity index (χ3v) is 8.29. The van der Waals surface area contributed by atoms with E-state index in [1.165, 1.54) is 37.9 Å². The molecule has 4 rings (SSSR count). The lowest BCUT2D eigenvalue weighted by atomic mass is 9.80. The van der Waals surface area contributed by atoms with Crippen LogP contribution in [0.3, 0.4) is 0 Å². The van der Waals surface area contributed by atoms with Crippen molar-refractivity contribution in [3.63, 3.8) is 0 Å². The molecule has 230 valence electrons. The summed E-state index contributed by atoms with van der Waals surface area (Å²) in [5, 5.41) is 0. The molecule has 0 saturated carbocycles. The first-order valence-corrected chi connectivity index (χ1v) is 13.4. The van der Waals surface area contributed by atoms with Crippen molar-refractivity contribution in [1.29, 1.82) is 0 Å². The van der Waals surface area contributed by atoms with Crippen LogP contribution in [0, 0.1) is 5.82 Å². The molecule has 2 aliphatic heterocycles. The summed E-state index contributed by atoms with van der Waals surface area (Å²) < 4.78 is 95.1. The van der Waals surface area contributed by atoms with Gasteiger partial charge in [-0.1, -0.05) is 12.1 Å². The van der Waals surface area contributed by atoms with Gasteiger partial charge >= 0.3 is 18.4 Å². The van der Waals surface area contributed by atoms with Gasteiger partial charge in [0.2, 0.25) is 5.91 Å². The average molecular weight is 603 g/mol. The number of nitrogens with zero attached hydrogens (tertiary/aromatic N) is 4. The highest BCUT2D eigenvalue weighted by molar-refractivity contribution is 5.88. The van der Waals surface area contributed by atoms with Gasteiger partial charge in [-0.2, -0.15) is 26.3 Å². The standard InChI is InChI=1S/C29H33F7N4O2/c1-27(2,19-13-20(28(31,32)33)15-21(14-19)29(34,35)36)25(41)38(4)24-17-40(26(42)39-11-9-37(3)10-12-39)16-23(24)18-5-7-22(30)8-6-18/h5-8,13-15,23-24H,9-12,16-17H2,1-4H3/t23-,24+/m0/s1. The zero-order chi connectivity index (χ0) is 31.2. The molecule has 0 spiro atoms. The molecule has 0 N–H and O–H groups in total. The van der Waals surface area contributed by atoms with E-state index in [1.54, 1.807) is 21.9 Å². The van der Waals surface area contributed by atoms with E-state index in [0.717, 1.165) is 0 Å². The highest BCUT2D eigenvalue weighted by atomic mass is 19.4. The van der Waals surface area contributed by atoms with Gasteiger partial charge in [0.1, 0.15) is 5.82 Å². The SMILES string of the molecule is CN1CCN(C(=O)N2C[C@@H](N(C)C(=O)C(C)(C)c3cc(C(F)(F)F)cc(C(F)(F)F)c3)[C@H](c3ccc(F)cc3)C2)CC1. The van der Waals surface area contributed by atoms with Crippen LogP contribution in [-0.4, -0.2) is 90.9 Å². The monoisotopic (exact) mass is 602 g/mol. The van der Waals surface area contributed by atoms with Gasteiger partial charge in [0.15, 0.2) is 0 Å². The predicted molar refractivity (Wildman–Crippen MR) is 141 cm³/mol. The van der Waals surface area contributed by atoms with Gasteiger partial charge in [0.05, 0.1) is 22.6 Å². The highest BCUT2D eigenvalue weighted by Crippen LogP contribution is 2.40. The van der Waals surface area contributed by atoms with Gasteiger partial charge in [0, 0.05) is 52.2 Å². The third-order valence-electron chi connectivity index (χ3n) is 8.29. The second-order valence-corrected chi connectivity index (χ2v) is 11.5. The van der Waals surface area contributed by atoms with Crippen LogP contribution in [-0.2, 0) is 22.6 Å². The summed E-state index contributed by atoms with van der Waals surface area (Å²) >= 11 is 0. The Morgan fingerprint density at radius 3 is 1.79 bits per heavy atom. The van der Waals surface area contributed by atoms with E-state index in [9.17, 15) is 40.3 Å². The summed E-state index contributed by atoms with van der Waals surface area (Å²) in [6, 6.07) is 5.85. The maximum absolute atomic E-state index is 13.9. The molecule has 2 fully saturated rings. The molecule has 0 bridgehead atoms. The van der Waals surface area contributed by atoms with E-state index in [-0.39, 0.29) is 25.2 Å². The first kappa shape index (κ1) is 31.6. The van der Waals surface area contributed by atoms with Crippen molar-refractivity contribution in [1.82, 2.24) is 19.6 Å². The number of likely N-dealkylation sites (N-methyl/N-ethyl adjacent to an activating group) is 2. The Labute approximate surface area is 239 Å². The van der Waals surface area contributed by atoms with Crippen LogP contribution >= 0.6 is 0 Å². The number of piperazine rings is 1. The average Bonchev–Trinajstić information content (AvgIpc) is 3.37. The van der Waals surface area contributed by atoms with Crippen LogP contribution in [0.2, 0.25) is 0 Å². The zero-order valence-electron chi connectivity index (χ0n) is 23.7. The quantitative estimate of drug-likeness (QED) is 0.439. The van der Waals surface area contributed by atoms with Crippen LogP contribution in [0.25, 0.3) is 0 Å². The van der Waals surface area contributed by atoms with Crippen LogP contribution in [0.4, 0.5) is 35.5 Å². The molecular weight excluding hydrogens is 569 g/mol. The summed E-state index contributed by atoms with van der Waals surface area (Å²) in [6.07, 6.45) is -10.1. The molecule has 0 unspecified atom stereocenters.